The highest BCUT2D eigenvalue weighted by atomic mass is 16.5. The van der Waals surface area contributed by atoms with Crippen LogP contribution < -0.4 is 0 Å². The van der Waals surface area contributed by atoms with Crippen molar-refractivity contribution in [3.8, 4) is 0 Å². The SMILES string of the molecule is COCCOC1CCN(Cc2ncc(C)[nH]2)CC1. The zero-order valence-corrected chi connectivity index (χ0v) is 11.3. The molecule has 18 heavy (non-hydrogen) atoms. The van der Waals surface area contributed by atoms with Gasteiger partial charge in [0.15, 0.2) is 0 Å². The number of piperidine rings is 1. The van der Waals surface area contributed by atoms with Gasteiger partial charge in [0.1, 0.15) is 5.82 Å². The Bertz CT molecular complexity index is 346. The molecule has 2 rings (SSSR count). The Labute approximate surface area is 108 Å². The van der Waals surface area contributed by atoms with Gasteiger partial charge >= 0.3 is 0 Å². The van der Waals surface area contributed by atoms with Crippen LogP contribution in [0.1, 0.15) is 24.4 Å². The first-order valence-electron chi connectivity index (χ1n) is 6.61. The normalized spacial score (nSPS) is 18.3. The van der Waals surface area contributed by atoms with Crippen molar-refractivity contribution in [2.24, 2.45) is 0 Å². The van der Waals surface area contributed by atoms with Crippen LogP contribution in [0.5, 0.6) is 0 Å². The van der Waals surface area contributed by atoms with Crippen LogP contribution in [0.15, 0.2) is 6.20 Å². The number of nitrogens with zero attached hydrogens (tertiary/aromatic N) is 2. The van der Waals surface area contributed by atoms with Crippen LogP contribution in [-0.4, -0.2) is 54.4 Å². The van der Waals surface area contributed by atoms with Crippen LogP contribution in [-0.2, 0) is 16.0 Å². The Hall–Kier alpha value is -0.910. The van der Waals surface area contributed by atoms with E-state index in [4.69, 9.17) is 9.47 Å². The summed E-state index contributed by atoms with van der Waals surface area (Å²) in [5.74, 6) is 1.06. The molecule has 0 aliphatic carbocycles. The van der Waals surface area contributed by atoms with E-state index < -0.39 is 0 Å². The number of hydrogen-bond donors (Lipinski definition) is 1. The van der Waals surface area contributed by atoms with Crippen molar-refractivity contribution < 1.29 is 9.47 Å². The summed E-state index contributed by atoms with van der Waals surface area (Å²) in [4.78, 5) is 10.0. The molecular weight excluding hydrogens is 230 g/mol. The summed E-state index contributed by atoms with van der Waals surface area (Å²) in [6, 6.07) is 0. The van der Waals surface area contributed by atoms with E-state index in [2.05, 4.69) is 14.9 Å². The maximum absolute atomic E-state index is 5.75. The van der Waals surface area contributed by atoms with Gasteiger partial charge in [0, 0.05) is 32.1 Å². The number of aryl methyl sites for hydroxylation is 1. The smallest absolute Gasteiger partial charge is 0.120 e. The summed E-state index contributed by atoms with van der Waals surface area (Å²) >= 11 is 0. The molecule has 0 bridgehead atoms. The Kier molecular flexibility index (Phi) is 5.16. The van der Waals surface area contributed by atoms with Gasteiger partial charge in [0.2, 0.25) is 0 Å². The Balaban J connectivity index is 1.67. The summed E-state index contributed by atoms with van der Waals surface area (Å²) in [6.45, 7) is 6.50. The highest BCUT2D eigenvalue weighted by molar-refractivity contribution is 4.98. The number of hydrogen-bond acceptors (Lipinski definition) is 4. The molecule has 1 N–H and O–H groups in total. The lowest BCUT2D eigenvalue weighted by molar-refractivity contribution is -0.0161. The molecule has 1 aliphatic rings. The molecule has 5 heteroatoms. The third-order valence-corrected chi connectivity index (χ3v) is 3.30. The molecule has 1 aromatic rings. The molecule has 2 heterocycles. The van der Waals surface area contributed by atoms with Crippen molar-refractivity contribution in [1.82, 2.24) is 14.9 Å². The first kappa shape index (κ1) is 13.5. The topological polar surface area (TPSA) is 50.4 Å². The fourth-order valence-electron chi connectivity index (χ4n) is 2.29. The van der Waals surface area contributed by atoms with Crippen molar-refractivity contribution in [1.29, 1.82) is 0 Å². The third-order valence-electron chi connectivity index (χ3n) is 3.30. The molecule has 0 radical (unpaired) electrons. The molecule has 1 fully saturated rings. The number of ether oxygens (including phenoxy) is 2. The van der Waals surface area contributed by atoms with Crippen molar-refractivity contribution in [2.45, 2.75) is 32.4 Å². The molecule has 0 saturated carbocycles. The monoisotopic (exact) mass is 253 g/mol. The Morgan fingerprint density at radius 2 is 2.17 bits per heavy atom. The maximum Gasteiger partial charge on any atom is 0.120 e. The fraction of sp³-hybridized carbons (Fsp3) is 0.769. The molecule has 0 spiro atoms. The average Bonchev–Trinajstić information content (AvgIpc) is 2.77. The summed E-state index contributed by atoms with van der Waals surface area (Å²) < 4.78 is 10.7. The predicted molar refractivity (Wildman–Crippen MR) is 69.5 cm³/mol. The van der Waals surface area contributed by atoms with E-state index in [0.29, 0.717) is 19.3 Å². The zero-order valence-electron chi connectivity index (χ0n) is 11.3. The molecule has 0 aromatic carbocycles. The van der Waals surface area contributed by atoms with Gasteiger partial charge in [-0.2, -0.15) is 0 Å². The number of imidazole rings is 1. The molecule has 0 amide bonds. The number of nitrogens with one attached hydrogen (secondary N) is 1. The Morgan fingerprint density at radius 3 is 2.78 bits per heavy atom. The van der Waals surface area contributed by atoms with E-state index in [0.717, 1.165) is 44.0 Å². The second-order valence-corrected chi connectivity index (χ2v) is 4.85. The molecule has 1 aliphatic heterocycles. The Morgan fingerprint density at radius 1 is 1.39 bits per heavy atom. The van der Waals surface area contributed by atoms with E-state index in [1.807, 2.05) is 13.1 Å². The first-order chi connectivity index (χ1) is 8.78. The van der Waals surface area contributed by atoms with Crippen LogP contribution in [0.3, 0.4) is 0 Å². The minimum atomic E-state index is 0.398. The summed E-state index contributed by atoms with van der Waals surface area (Å²) in [6.07, 6.45) is 4.48. The van der Waals surface area contributed by atoms with Crippen LogP contribution in [0, 0.1) is 6.92 Å². The second kappa shape index (κ2) is 6.87. The van der Waals surface area contributed by atoms with Gasteiger partial charge in [-0.25, -0.2) is 4.98 Å². The molecular formula is C13H23N3O2. The van der Waals surface area contributed by atoms with Crippen LogP contribution >= 0.6 is 0 Å². The second-order valence-electron chi connectivity index (χ2n) is 4.85. The van der Waals surface area contributed by atoms with Crippen molar-refractivity contribution in [3.63, 3.8) is 0 Å². The van der Waals surface area contributed by atoms with Crippen molar-refractivity contribution in [2.75, 3.05) is 33.4 Å². The van der Waals surface area contributed by atoms with E-state index >= 15 is 0 Å². The van der Waals surface area contributed by atoms with Crippen LogP contribution in [0.25, 0.3) is 0 Å². The lowest BCUT2D eigenvalue weighted by atomic mass is 10.1. The van der Waals surface area contributed by atoms with Crippen molar-refractivity contribution in [3.05, 3.63) is 17.7 Å². The first-order valence-corrected chi connectivity index (χ1v) is 6.61. The van der Waals surface area contributed by atoms with Gasteiger partial charge in [0.05, 0.1) is 25.9 Å². The minimum Gasteiger partial charge on any atom is -0.382 e. The lowest BCUT2D eigenvalue weighted by Crippen LogP contribution is -2.37. The third kappa shape index (κ3) is 4.08. The quantitative estimate of drug-likeness (QED) is 0.777. The van der Waals surface area contributed by atoms with Crippen LogP contribution in [0.2, 0.25) is 0 Å². The number of aromatic nitrogens is 2. The summed E-state index contributed by atoms with van der Waals surface area (Å²) in [7, 11) is 1.71. The van der Waals surface area contributed by atoms with E-state index in [9.17, 15) is 0 Å². The van der Waals surface area contributed by atoms with Crippen molar-refractivity contribution >= 4 is 0 Å². The number of H-pyrrole nitrogens is 1. The predicted octanol–water partition coefficient (Wildman–Crippen LogP) is 1.35. The standard InChI is InChI=1S/C13H23N3O2/c1-11-9-14-13(15-11)10-16-5-3-12(4-6-16)18-8-7-17-2/h9,12H,3-8,10H2,1-2H3,(H,14,15). The zero-order chi connectivity index (χ0) is 12.8. The fourth-order valence-corrected chi connectivity index (χ4v) is 2.29. The van der Waals surface area contributed by atoms with Gasteiger partial charge in [-0.3, -0.25) is 4.90 Å². The highest BCUT2D eigenvalue weighted by Crippen LogP contribution is 2.15. The highest BCUT2D eigenvalue weighted by Gasteiger charge is 2.20. The minimum absolute atomic E-state index is 0.398. The molecule has 0 unspecified atom stereocenters. The van der Waals surface area contributed by atoms with Gasteiger partial charge in [0.25, 0.3) is 0 Å². The maximum atomic E-state index is 5.75. The van der Waals surface area contributed by atoms with Gasteiger partial charge in [-0.05, 0) is 19.8 Å². The number of methoxy groups -OCH3 is 1. The molecule has 1 aromatic heterocycles. The van der Waals surface area contributed by atoms with Crippen LogP contribution in [0.4, 0.5) is 0 Å². The van der Waals surface area contributed by atoms with Gasteiger partial charge < -0.3 is 14.5 Å². The van der Waals surface area contributed by atoms with E-state index in [1.165, 1.54) is 0 Å². The average molecular weight is 253 g/mol. The lowest BCUT2D eigenvalue weighted by Gasteiger charge is -2.31. The number of rotatable bonds is 6. The summed E-state index contributed by atoms with van der Waals surface area (Å²) in [5, 5.41) is 0. The summed E-state index contributed by atoms with van der Waals surface area (Å²) in [5.41, 5.74) is 1.13. The molecule has 1 saturated heterocycles. The molecule has 0 atom stereocenters. The van der Waals surface area contributed by atoms with E-state index in [1.54, 1.807) is 7.11 Å². The van der Waals surface area contributed by atoms with E-state index in [-0.39, 0.29) is 0 Å². The molecule has 102 valence electrons. The number of likely N-dealkylation sites (tertiary alicyclic amines) is 1. The largest absolute Gasteiger partial charge is 0.382 e. The van der Waals surface area contributed by atoms with Gasteiger partial charge in [-0.15, -0.1) is 0 Å². The van der Waals surface area contributed by atoms with Gasteiger partial charge in [-0.1, -0.05) is 0 Å². The number of aromatic amines is 1. The molecule has 5 nitrogen and oxygen atoms in total.